The van der Waals surface area contributed by atoms with Crippen molar-refractivity contribution in [1.82, 2.24) is 14.2 Å². The number of sulfonamides is 1. The Labute approximate surface area is 188 Å². The fourth-order valence-corrected chi connectivity index (χ4v) is 7.47. The zero-order chi connectivity index (χ0) is 20.6. The number of aryl methyl sites for hydroxylation is 2. The first-order chi connectivity index (χ1) is 13.9. The van der Waals surface area contributed by atoms with E-state index in [1.54, 1.807) is 10.4 Å². The summed E-state index contributed by atoms with van der Waals surface area (Å²) >= 11 is 1.29. The molecule has 0 saturated carbocycles. The molecule has 4 rings (SSSR count). The van der Waals surface area contributed by atoms with E-state index in [0.717, 1.165) is 42.1 Å². The fraction of sp³-hybridized carbons (Fsp3) is 0.571. The van der Waals surface area contributed by atoms with Crippen LogP contribution >= 0.6 is 23.7 Å². The van der Waals surface area contributed by atoms with E-state index >= 15 is 0 Å². The number of nitrogens with zero attached hydrogens (tertiary/aromatic N) is 2. The van der Waals surface area contributed by atoms with E-state index < -0.39 is 10.0 Å². The lowest BCUT2D eigenvalue weighted by atomic mass is 10.1. The zero-order valence-electron chi connectivity index (χ0n) is 17.5. The maximum absolute atomic E-state index is 13.2. The second-order valence-electron chi connectivity index (χ2n) is 8.01. The van der Waals surface area contributed by atoms with Crippen LogP contribution in [0.4, 0.5) is 0 Å². The van der Waals surface area contributed by atoms with Gasteiger partial charge in [-0.25, -0.2) is 8.42 Å². The number of hydrogen-bond acceptors (Lipinski definition) is 5. The molecular weight excluding hydrogens is 442 g/mol. The summed E-state index contributed by atoms with van der Waals surface area (Å²) in [5.41, 5.74) is 2.32. The monoisotopic (exact) mass is 471 g/mol. The van der Waals surface area contributed by atoms with E-state index in [2.05, 4.69) is 9.88 Å². The maximum Gasteiger partial charge on any atom is 0.252 e. The molecule has 2 saturated heterocycles. The largest absolute Gasteiger partial charge is 0.326 e. The van der Waals surface area contributed by atoms with Gasteiger partial charge in [0.25, 0.3) is 15.6 Å². The van der Waals surface area contributed by atoms with Crippen molar-refractivity contribution in [2.75, 3.05) is 26.2 Å². The summed E-state index contributed by atoms with van der Waals surface area (Å²) in [6.07, 6.45) is 5.00. The van der Waals surface area contributed by atoms with Crippen LogP contribution in [0.5, 0.6) is 0 Å². The van der Waals surface area contributed by atoms with Crippen molar-refractivity contribution in [2.45, 2.75) is 56.2 Å². The third-order valence-electron chi connectivity index (χ3n) is 6.22. The Morgan fingerprint density at radius 2 is 1.80 bits per heavy atom. The van der Waals surface area contributed by atoms with Crippen LogP contribution in [0.25, 0.3) is 10.4 Å². The van der Waals surface area contributed by atoms with Crippen LogP contribution in [0, 0.1) is 6.92 Å². The third kappa shape index (κ3) is 4.53. The van der Waals surface area contributed by atoms with Crippen LogP contribution in [0.3, 0.4) is 0 Å². The van der Waals surface area contributed by atoms with Crippen molar-refractivity contribution in [3.8, 4) is 10.4 Å². The van der Waals surface area contributed by atoms with E-state index in [4.69, 9.17) is 0 Å². The third-order valence-corrected chi connectivity index (χ3v) is 9.70. The first-order valence-corrected chi connectivity index (χ1v) is 12.7. The van der Waals surface area contributed by atoms with Gasteiger partial charge in [-0.05, 0) is 70.3 Å². The van der Waals surface area contributed by atoms with Crippen LogP contribution in [-0.2, 0) is 16.4 Å². The fourth-order valence-electron chi connectivity index (χ4n) is 4.47. The maximum atomic E-state index is 13.2. The summed E-state index contributed by atoms with van der Waals surface area (Å²) in [7, 11) is -3.47. The van der Waals surface area contributed by atoms with Gasteiger partial charge in [0.15, 0.2) is 0 Å². The van der Waals surface area contributed by atoms with Crippen molar-refractivity contribution in [3.63, 3.8) is 0 Å². The molecule has 0 aliphatic carbocycles. The van der Waals surface area contributed by atoms with Crippen LogP contribution in [0.15, 0.2) is 27.2 Å². The predicted molar refractivity (Wildman–Crippen MR) is 124 cm³/mol. The summed E-state index contributed by atoms with van der Waals surface area (Å²) in [5.74, 6) is 0. The molecule has 1 N–H and O–H groups in total. The molecule has 0 spiro atoms. The SMILES string of the molecule is CCc1cc(-c2ccc(S(=O)(=O)N3CCC(N4CCCC4)CC3)s2)c(C)[nH]c1=O.Cl. The van der Waals surface area contributed by atoms with E-state index in [1.807, 2.05) is 26.0 Å². The minimum atomic E-state index is -3.47. The molecule has 2 aromatic heterocycles. The number of thiophene rings is 1. The minimum Gasteiger partial charge on any atom is -0.326 e. The highest BCUT2D eigenvalue weighted by molar-refractivity contribution is 7.91. The highest BCUT2D eigenvalue weighted by Crippen LogP contribution is 2.34. The van der Waals surface area contributed by atoms with Crippen molar-refractivity contribution in [1.29, 1.82) is 0 Å². The van der Waals surface area contributed by atoms with Crippen molar-refractivity contribution in [3.05, 3.63) is 39.8 Å². The smallest absolute Gasteiger partial charge is 0.252 e. The molecule has 2 aromatic rings. The van der Waals surface area contributed by atoms with E-state index in [0.29, 0.717) is 35.3 Å². The molecule has 0 bridgehead atoms. The number of rotatable bonds is 5. The van der Waals surface area contributed by atoms with E-state index in [-0.39, 0.29) is 18.0 Å². The molecule has 9 heteroatoms. The normalized spacial score (nSPS) is 19.1. The summed E-state index contributed by atoms with van der Waals surface area (Å²) in [5, 5.41) is 0. The molecule has 4 heterocycles. The highest BCUT2D eigenvalue weighted by Gasteiger charge is 2.33. The Balaban J connectivity index is 0.00000256. The molecule has 0 unspecified atom stereocenters. The van der Waals surface area contributed by atoms with Gasteiger partial charge in [0.1, 0.15) is 4.21 Å². The van der Waals surface area contributed by atoms with Crippen LogP contribution < -0.4 is 5.56 Å². The molecule has 2 aliphatic rings. The molecule has 2 aliphatic heterocycles. The molecule has 166 valence electrons. The lowest BCUT2D eigenvalue weighted by Gasteiger charge is -2.35. The van der Waals surface area contributed by atoms with Gasteiger partial charge in [-0.1, -0.05) is 6.92 Å². The van der Waals surface area contributed by atoms with Crippen LogP contribution in [0.1, 0.15) is 43.9 Å². The van der Waals surface area contributed by atoms with Crippen molar-refractivity contribution in [2.24, 2.45) is 0 Å². The average Bonchev–Trinajstić information content (AvgIpc) is 3.41. The highest BCUT2D eigenvalue weighted by atomic mass is 35.5. The molecule has 6 nitrogen and oxygen atoms in total. The molecule has 0 amide bonds. The van der Waals surface area contributed by atoms with Gasteiger partial charge in [0.05, 0.1) is 0 Å². The van der Waals surface area contributed by atoms with Gasteiger partial charge >= 0.3 is 0 Å². The number of likely N-dealkylation sites (tertiary alicyclic amines) is 1. The van der Waals surface area contributed by atoms with Crippen molar-refractivity contribution >= 4 is 33.8 Å². The number of aromatic amines is 1. The summed E-state index contributed by atoms with van der Waals surface area (Å²) in [6, 6.07) is 5.98. The lowest BCUT2D eigenvalue weighted by Crippen LogP contribution is -2.45. The number of H-pyrrole nitrogens is 1. The van der Waals surface area contributed by atoms with Gasteiger partial charge in [0.2, 0.25) is 0 Å². The average molecular weight is 472 g/mol. The summed E-state index contributed by atoms with van der Waals surface area (Å²) in [6.45, 7) is 7.30. The zero-order valence-corrected chi connectivity index (χ0v) is 20.0. The molecule has 0 atom stereocenters. The summed E-state index contributed by atoms with van der Waals surface area (Å²) in [4.78, 5) is 18.3. The van der Waals surface area contributed by atoms with Gasteiger partial charge < -0.3 is 9.88 Å². The number of nitrogens with one attached hydrogen (secondary N) is 1. The van der Waals surface area contributed by atoms with E-state index in [9.17, 15) is 13.2 Å². The van der Waals surface area contributed by atoms with Crippen LogP contribution in [-0.4, -0.2) is 54.8 Å². The first-order valence-electron chi connectivity index (χ1n) is 10.5. The topological polar surface area (TPSA) is 73.5 Å². The number of piperidine rings is 1. The quantitative estimate of drug-likeness (QED) is 0.722. The first kappa shape index (κ1) is 23.5. The number of aromatic nitrogens is 1. The molecule has 2 fully saturated rings. The minimum absolute atomic E-state index is 0. The molecule has 0 radical (unpaired) electrons. The van der Waals surface area contributed by atoms with Crippen molar-refractivity contribution < 1.29 is 8.42 Å². The molecule has 30 heavy (non-hydrogen) atoms. The Morgan fingerprint density at radius 1 is 1.13 bits per heavy atom. The molecular formula is C21H30ClN3O3S2. The van der Waals surface area contributed by atoms with Gasteiger partial charge in [-0.3, -0.25) is 4.79 Å². The van der Waals surface area contributed by atoms with Gasteiger partial charge in [-0.2, -0.15) is 4.31 Å². The summed E-state index contributed by atoms with van der Waals surface area (Å²) < 4.78 is 28.4. The Bertz CT molecular complexity index is 1030. The second-order valence-corrected chi connectivity index (χ2v) is 11.3. The Hall–Kier alpha value is -1.19. The van der Waals surface area contributed by atoms with Crippen LogP contribution in [0.2, 0.25) is 0 Å². The number of pyridine rings is 1. The standard InChI is InChI=1S/C21H29N3O3S2.ClH/c1-3-16-14-18(15(2)22-21(16)25)19-6-7-20(28-19)29(26,27)24-12-8-17(9-13-24)23-10-4-5-11-23;/h6-7,14,17H,3-5,8-13H2,1-2H3,(H,22,25);1H. The lowest BCUT2D eigenvalue weighted by molar-refractivity contribution is 0.168. The predicted octanol–water partition coefficient (Wildman–Crippen LogP) is 3.64. The van der Waals surface area contributed by atoms with E-state index in [1.165, 1.54) is 24.2 Å². The second kappa shape index (κ2) is 9.53. The molecule has 0 aromatic carbocycles. The number of halogens is 1. The Kier molecular flexibility index (Phi) is 7.45. The van der Waals surface area contributed by atoms with Gasteiger partial charge in [0, 0.05) is 40.8 Å². The number of hydrogen-bond donors (Lipinski definition) is 1. The Morgan fingerprint density at radius 3 is 2.43 bits per heavy atom. The van der Waals surface area contributed by atoms with Gasteiger partial charge in [-0.15, -0.1) is 23.7 Å².